The van der Waals surface area contributed by atoms with Crippen LogP contribution in [0.25, 0.3) is 0 Å². The number of nitrogens with zero attached hydrogens (tertiary/aromatic N) is 1. The third-order valence-corrected chi connectivity index (χ3v) is 3.97. The summed E-state index contributed by atoms with van der Waals surface area (Å²) < 4.78 is 10.7. The molecule has 0 aromatic heterocycles. The average molecular weight is 335 g/mol. The smallest absolute Gasteiger partial charge is 0.251 e. The lowest BCUT2D eigenvalue weighted by atomic mass is 10.1. The number of methoxy groups -OCH3 is 1. The highest BCUT2D eigenvalue weighted by Crippen LogP contribution is 2.34. The van der Waals surface area contributed by atoms with Crippen molar-refractivity contribution in [1.82, 2.24) is 10.6 Å². The molecular formula is C17H25N3O4. The Hall–Kier alpha value is -2.28. The Morgan fingerprint density at radius 2 is 2.17 bits per heavy atom. The van der Waals surface area contributed by atoms with Crippen LogP contribution in [0.2, 0.25) is 0 Å². The molecule has 0 radical (unpaired) electrons. The van der Waals surface area contributed by atoms with Crippen molar-refractivity contribution in [3.63, 3.8) is 0 Å². The highest BCUT2D eigenvalue weighted by molar-refractivity contribution is 5.95. The minimum atomic E-state index is -0.158. The van der Waals surface area contributed by atoms with Gasteiger partial charge in [0.1, 0.15) is 12.4 Å². The van der Waals surface area contributed by atoms with Gasteiger partial charge in [0.2, 0.25) is 5.91 Å². The standard InChI is InChI=1S/C17H25N3O4/c1-4-18-16(21)10-13-11-24-15-6-5-12(9-14(15)20(13)2)17(22)19-7-8-23-3/h5-6,9,13H,4,7-8,10-11H2,1-3H3,(H,18,21)(H,19,22)/t13-/m1/s1. The Morgan fingerprint density at radius 3 is 2.88 bits per heavy atom. The van der Waals surface area contributed by atoms with E-state index in [2.05, 4.69) is 10.6 Å². The second-order valence-corrected chi connectivity index (χ2v) is 5.66. The second kappa shape index (κ2) is 8.54. The second-order valence-electron chi connectivity index (χ2n) is 5.66. The monoisotopic (exact) mass is 335 g/mol. The molecule has 24 heavy (non-hydrogen) atoms. The summed E-state index contributed by atoms with van der Waals surface area (Å²) in [4.78, 5) is 26.0. The molecule has 132 valence electrons. The van der Waals surface area contributed by atoms with Crippen molar-refractivity contribution in [3.05, 3.63) is 23.8 Å². The Balaban J connectivity index is 2.09. The molecule has 1 aliphatic rings. The van der Waals surface area contributed by atoms with E-state index in [1.165, 1.54) is 0 Å². The zero-order valence-corrected chi connectivity index (χ0v) is 14.4. The van der Waals surface area contributed by atoms with Crippen LogP contribution < -0.4 is 20.3 Å². The maximum atomic E-state index is 12.2. The van der Waals surface area contributed by atoms with E-state index in [0.717, 1.165) is 11.4 Å². The molecule has 1 aromatic rings. The van der Waals surface area contributed by atoms with Gasteiger partial charge in [-0.2, -0.15) is 0 Å². The summed E-state index contributed by atoms with van der Waals surface area (Å²) in [5.74, 6) is 0.557. The van der Waals surface area contributed by atoms with Crippen LogP contribution in [0.4, 0.5) is 5.69 Å². The minimum absolute atomic E-state index is 0.00476. The summed E-state index contributed by atoms with van der Waals surface area (Å²) in [6.45, 7) is 3.87. The molecule has 0 spiro atoms. The number of fused-ring (bicyclic) bond motifs is 1. The van der Waals surface area contributed by atoms with Crippen LogP contribution in [0.15, 0.2) is 18.2 Å². The summed E-state index contributed by atoms with van der Waals surface area (Å²) in [6, 6.07) is 5.26. The predicted molar refractivity (Wildman–Crippen MR) is 91.6 cm³/mol. The number of amides is 2. The number of nitrogens with one attached hydrogen (secondary N) is 2. The zero-order chi connectivity index (χ0) is 17.5. The molecular weight excluding hydrogens is 310 g/mol. The van der Waals surface area contributed by atoms with Gasteiger partial charge in [-0.15, -0.1) is 0 Å². The summed E-state index contributed by atoms with van der Waals surface area (Å²) in [6.07, 6.45) is 0.355. The maximum Gasteiger partial charge on any atom is 0.251 e. The third-order valence-electron chi connectivity index (χ3n) is 3.97. The van der Waals surface area contributed by atoms with E-state index in [0.29, 0.717) is 38.3 Å². The fourth-order valence-corrected chi connectivity index (χ4v) is 2.60. The van der Waals surface area contributed by atoms with E-state index >= 15 is 0 Å². The molecule has 0 aliphatic carbocycles. The number of hydrogen-bond acceptors (Lipinski definition) is 5. The number of carbonyl (C=O) groups is 2. The van der Waals surface area contributed by atoms with Gasteiger partial charge in [-0.25, -0.2) is 0 Å². The fraction of sp³-hybridized carbons (Fsp3) is 0.529. The summed E-state index contributed by atoms with van der Waals surface area (Å²) >= 11 is 0. The summed E-state index contributed by atoms with van der Waals surface area (Å²) in [7, 11) is 3.50. The van der Waals surface area contributed by atoms with Crippen LogP contribution >= 0.6 is 0 Å². The molecule has 0 saturated heterocycles. The first-order chi connectivity index (χ1) is 11.6. The van der Waals surface area contributed by atoms with Gasteiger partial charge in [0.05, 0.1) is 24.8 Å². The van der Waals surface area contributed by atoms with Crippen molar-refractivity contribution >= 4 is 17.5 Å². The van der Waals surface area contributed by atoms with Crippen LogP contribution in [0.3, 0.4) is 0 Å². The van der Waals surface area contributed by atoms with Crippen LogP contribution in [-0.4, -0.2) is 58.3 Å². The Bertz CT molecular complexity index is 591. The minimum Gasteiger partial charge on any atom is -0.489 e. The number of hydrogen-bond donors (Lipinski definition) is 2. The van der Waals surface area contributed by atoms with Gasteiger partial charge < -0.3 is 25.0 Å². The van der Waals surface area contributed by atoms with Gasteiger partial charge in [-0.05, 0) is 25.1 Å². The summed E-state index contributed by atoms with van der Waals surface area (Å²) in [5.41, 5.74) is 1.37. The van der Waals surface area contributed by atoms with Crippen molar-refractivity contribution in [2.24, 2.45) is 0 Å². The zero-order valence-electron chi connectivity index (χ0n) is 14.4. The lowest BCUT2D eigenvalue weighted by molar-refractivity contribution is -0.121. The van der Waals surface area contributed by atoms with Gasteiger partial charge in [-0.3, -0.25) is 9.59 Å². The quantitative estimate of drug-likeness (QED) is 0.720. The lowest BCUT2D eigenvalue weighted by Gasteiger charge is -2.35. The van der Waals surface area contributed by atoms with Crippen LogP contribution in [-0.2, 0) is 9.53 Å². The Labute approximate surface area is 142 Å². The van der Waals surface area contributed by atoms with Gasteiger partial charge in [0.25, 0.3) is 5.91 Å². The number of benzene rings is 1. The molecule has 2 amide bonds. The van der Waals surface area contributed by atoms with Crippen molar-refractivity contribution in [2.45, 2.75) is 19.4 Å². The van der Waals surface area contributed by atoms with E-state index in [1.807, 2.05) is 18.9 Å². The van der Waals surface area contributed by atoms with E-state index in [-0.39, 0.29) is 17.9 Å². The molecule has 0 fully saturated rings. The van der Waals surface area contributed by atoms with Gasteiger partial charge in [0, 0.05) is 32.8 Å². The number of rotatable bonds is 7. The number of carbonyl (C=O) groups excluding carboxylic acids is 2. The molecule has 0 unspecified atom stereocenters. The fourth-order valence-electron chi connectivity index (χ4n) is 2.60. The largest absolute Gasteiger partial charge is 0.489 e. The molecule has 0 bridgehead atoms. The van der Waals surface area contributed by atoms with E-state index in [4.69, 9.17) is 9.47 Å². The molecule has 7 nitrogen and oxygen atoms in total. The lowest BCUT2D eigenvalue weighted by Crippen LogP contribution is -2.44. The first-order valence-corrected chi connectivity index (χ1v) is 8.10. The van der Waals surface area contributed by atoms with E-state index in [9.17, 15) is 9.59 Å². The molecule has 1 heterocycles. The number of likely N-dealkylation sites (N-methyl/N-ethyl adjacent to an activating group) is 1. The van der Waals surface area contributed by atoms with Crippen LogP contribution in [0.5, 0.6) is 5.75 Å². The normalized spacial score (nSPS) is 16.1. The molecule has 2 rings (SSSR count). The van der Waals surface area contributed by atoms with Crippen LogP contribution in [0.1, 0.15) is 23.7 Å². The molecule has 0 saturated carbocycles. The molecule has 7 heteroatoms. The van der Waals surface area contributed by atoms with Crippen molar-refractivity contribution < 1.29 is 19.1 Å². The highest BCUT2D eigenvalue weighted by atomic mass is 16.5. The first kappa shape index (κ1) is 18.1. The van der Waals surface area contributed by atoms with E-state index in [1.54, 1.807) is 25.3 Å². The predicted octanol–water partition coefficient (Wildman–Crippen LogP) is 0.786. The Morgan fingerprint density at radius 1 is 1.38 bits per heavy atom. The molecule has 2 N–H and O–H groups in total. The van der Waals surface area contributed by atoms with Crippen LogP contribution in [0, 0.1) is 0 Å². The number of ether oxygens (including phenoxy) is 2. The SMILES string of the molecule is CCNC(=O)C[C@@H]1COc2ccc(C(=O)NCCOC)cc2N1C. The maximum absolute atomic E-state index is 12.2. The molecule has 1 aliphatic heterocycles. The van der Waals surface area contributed by atoms with Crippen molar-refractivity contribution in [3.8, 4) is 5.75 Å². The van der Waals surface area contributed by atoms with E-state index < -0.39 is 0 Å². The first-order valence-electron chi connectivity index (χ1n) is 8.10. The highest BCUT2D eigenvalue weighted by Gasteiger charge is 2.27. The van der Waals surface area contributed by atoms with Gasteiger partial charge in [-0.1, -0.05) is 0 Å². The van der Waals surface area contributed by atoms with Gasteiger partial charge >= 0.3 is 0 Å². The Kier molecular flexibility index (Phi) is 6.43. The van der Waals surface area contributed by atoms with Crippen molar-refractivity contribution in [1.29, 1.82) is 0 Å². The average Bonchev–Trinajstić information content (AvgIpc) is 2.57. The number of anilines is 1. The topological polar surface area (TPSA) is 79.9 Å². The summed E-state index contributed by atoms with van der Waals surface area (Å²) in [5, 5.41) is 5.59. The molecule has 1 aromatic carbocycles. The van der Waals surface area contributed by atoms with Gasteiger partial charge in [0.15, 0.2) is 0 Å². The third kappa shape index (κ3) is 4.38. The van der Waals surface area contributed by atoms with Crippen molar-refractivity contribution in [2.75, 3.05) is 45.4 Å². The molecule has 1 atom stereocenters.